The first-order valence-electron chi connectivity index (χ1n) is 9.04. The van der Waals surface area contributed by atoms with Crippen molar-refractivity contribution in [2.45, 2.75) is 26.3 Å². The Morgan fingerprint density at radius 3 is 2.54 bits per heavy atom. The van der Waals surface area contributed by atoms with Gasteiger partial charge in [0.2, 0.25) is 0 Å². The standard InChI is InChI=1S/C19H32N4O2.HI/c1-15(14-23-9-5-6-10-23)12-21-19(20-2)22-13-16-7-8-17(24-3)11-18(16)25-4;/h7-8,11,15H,5-6,9-10,12-14H2,1-4H3,(H2,20,21,22);1H. The van der Waals surface area contributed by atoms with Crippen LogP contribution in [0.1, 0.15) is 25.3 Å². The summed E-state index contributed by atoms with van der Waals surface area (Å²) in [6, 6.07) is 5.84. The lowest BCUT2D eigenvalue weighted by molar-refractivity contribution is 0.287. The number of rotatable bonds is 8. The molecule has 26 heavy (non-hydrogen) atoms. The van der Waals surface area contributed by atoms with E-state index in [1.165, 1.54) is 25.9 Å². The van der Waals surface area contributed by atoms with Crippen LogP contribution in [0.3, 0.4) is 0 Å². The number of guanidine groups is 1. The highest BCUT2D eigenvalue weighted by molar-refractivity contribution is 14.0. The van der Waals surface area contributed by atoms with Crippen molar-refractivity contribution in [3.8, 4) is 11.5 Å². The zero-order valence-corrected chi connectivity index (χ0v) is 18.7. The van der Waals surface area contributed by atoms with E-state index in [0.29, 0.717) is 12.5 Å². The number of hydrogen-bond donors (Lipinski definition) is 2. The second-order valence-electron chi connectivity index (χ2n) is 6.60. The number of aliphatic imine (C=N–C) groups is 1. The van der Waals surface area contributed by atoms with Crippen molar-refractivity contribution in [1.82, 2.24) is 15.5 Å². The molecule has 0 radical (unpaired) electrons. The summed E-state index contributed by atoms with van der Waals surface area (Å²) in [5.74, 6) is 3.00. The first kappa shape index (κ1) is 22.8. The van der Waals surface area contributed by atoms with Gasteiger partial charge >= 0.3 is 0 Å². The molecule has 0 spiro atoms. The molecule has 6 nitrogen and oxygen atoms in total. The lowest BCUT2D eigenvalue weighted by Gasteiger charge is -2.21. The van der Waals surface area contributed by atoms with Gasteiger partial charge in [-0.1, -0.05) is 6.92 Å². The minimum atomic E-state index is 0. The average Bonchev–Trinajstić information content (AvgIpc) is 3.14. The van der Waals surface area contributed by atoms with Crippen molar-refractivity contribution in [3.63, 3.8) is 0 Å². The monoisotopic (exact) mass is 476 g/mol. The van der Waals surface area contributed by atoms with Gasteiger partial charge in [0, 0.05) is 38.3 Å². The van der Waals surface area contributed by atoms with Crippen LogP contribution in [0.2, 0.25) is 0 Å². The second kappa shape index (κ2) is 12.2. The Balaban J connectivity index is 0.00000338. The third kappa shape index (κ3) is 7.19. The number of likely N-dealkylation sites (tertiary alicyclic amines) is 1. The fourth-order valence-electron chi connectivity index (χ4n) is 3.14. The van der Waals surface area contributed by atoms with Gasteiger partial charge in [0.15, 0.2) is 5.96 Å². The normalized spacial score (nSPS) is 15.9. The maximum atomic E-state index is 5.44. The summed E-state index contributed by atoms with van der Waals surface area (Å²) < 4.78 is 10.7. The van der Waals surface area contributed by atoms with Crippen molar-refractivity contribution in [2.75, 3.05) is 47.4 Å². The lowest BCUT2D eigenvalue weighted by atomic mass is 10.1. The van der Waals surface area contributed by atoms with Crippen LogP contribution >= 0.6 is 24.0 Å². The first-order valence-corrected chi connectivity index (χ1v) is 9.04. The largest absolute Gasteiger partial charge is 0.497 e. The van der Waals surface area contributed by atoms with Crippen molar-refractivity contribution < 1.29 is 9.47 Å². The Morgan fingerprint density at radius 1 is 1.19 bits per heavy atom. The van der Waals surface area contributed by atoms with Crippen LogP contribution in [0.25, 0.3) is 0 Å². The number of hydrogen-bond acceptors (Lipinski definition) is 4. The van der Waals surface area contributed by atoms with Gasteiger partial charge in [-0.2, -0.15) is 0 Å². The van der Waals surface area contributed by atoms with Gasteiger partial charge in [0.25, 0.3) is 0 Å². The van der Waals surface area contributed by atoms with E-state index >= 15 is 0 Å². The molecule has 0 saturated carbocycles. The van der Waals surface area contributed by atoms with Gasteiger partial charge in [0.1, 0.15) is 11.5 Å². The molecular weight excluding hydrogens is 443 g/mol. The molecule has 0 amide bonds. The van der Waals surface area contributed by atoms with Crippen LogP contribution in [0.4, 0.5) is 0 Å². The van der Waals surface area contributed by atoms with Crippen molar-refractivity contribution in [1.29, 1.82) is 0 Å². The van der Waals surface area contributed by atoms with Crippen LogP contribution in [-0.4, -0.2) is 58.3 Å². The van der Waals surface area contributed by atoms with Crippen LogP contribution < -0.4 is 20.1 Å². The molecule has 1 heterocycles. The van der Waals surface area contributed by atoms with Crippen molar-refractivity contribution in [3.05, 3.63) is 23.8 Å². The van der Waals surface area contributed by atoms with Gasteiger partial charge < -0.3 is 25.0 Å². The Morgan fingerprint density at radius 2 is 1.92 bits per heavy atom. The quantitative estimate of drug-likeness (QED) is 0.344. The van der Waals surface area contributed by atoms with E-state index in [1.54, 1.807) is 21.3 Å². The van der Waals surface area contributed by atoms with E-state index in [1.807, 2.05) is 18.2 Å². The highest BCUT2D eigenvalue weighted by Gasteiger charge is 2.15. The molecule has 1 fully saturated rings. The van der Waals surface area contributed by atoms with E-state index in [0.717, 1.165) is 36.1 Å². The predicted molar refractivity (Wildman–Crippen MR) is 118 cm³/mol. The number of benzene rings is 1. The Kier molecular flexibility index (Phi) is 10.7. The molecule has 1 atom stereocenters. The number of halogens is 1. The van der Waals surface area contributed by atoms with Crippen LogP contribution in [0.15, 0.2) is 23.2 Å². The molecule has 0 bridgehead atoms. The molecule has 7 heteroatoms. The number of ether oxygens (including phenoxy) is 2. The Labute approximate surface area is 174 Å². The maximum Gasteiger partial charge on any atom is 0.191 e. The summed E-state index contributed by atoms with van der Waals surface area (Å²) in [4.78, 5) is 6.86. The van der Waals surface area contributed by atoms with Crippen molar-refractivity contribution >= 4 is 29.9 Å². The SMILES string of the molecule is CN=C(NCc1ccc(OC)cc1OC)NCC(C)CN1CCCC1.I. The molecule has 0 aliphatic carbocycles. The minimum absolute atomic E-state index is 0. The van der Waals surface area contributed by atoms with Gasteiger partial charge in [-0.05, 0) is 44.0 Å². The fraction of sp³-hybridized carbons (Fsp3) is 0.632. The van der Waals surface area contributed by atoms with Gasteiger partial charge in [0.05, 0.1) is 14.2 Å². The summed E-state index contributed by atoms with van der Waals surface area (Å²) in [7, 11) is 5.12. The van der Waals surface area contributed by atoms with Crippen LogP contribution in [0, 0.1) is 5.92 Å². The highest BCUT2D eigenvalue weighted by atomic mass is 127. The highest BCUT2D eigenvalue weighted by Crippen LogP contribution is 2.24. The lowest BCUT2D eigenvalue weighted by Crippen LogP contribution is -2.41. The van der Waals surface area contributed by atoms with E-state index in [-0.39, 0.29) is 24.0 Å². The summed E-state index contributed by atoms with van der Waals surface area (Å²) in [6.07, 6.45) is 2.68. The predicted octanol–water partition coefficient (Wildman–Crippen LogP) is 2.72. The summed E-state index contributed by atoms with van der Waals surface area (Å²) in [5, 5.41) is 6.77. The van der Waals surface area contributed by atoms with Crippen molar-refractivity contribution in [2.24, 2.45) is 10.9 Å². The van der Waals surface area contributed by atoms with E-state index < -0.39 is 0 Å². The molecule has 2 rings (SSSR count). The third-order valence-corrected chi connectivity index (χ3v) is 4.55. The fourth-order valence-corrected chi connectivity index (χ4v) is 3.14. The summed E-state index contributed by atoms with van der Waals surface area (Å²) >= 11 is 0. The smallest absolute Gasteiger partial charge is 0.191 e. The summed E-state index contributed by atoms with van der Waals surface area (Å²) in [5.41, 5.74) is 1.07. The van der Waals surface area contributed by atoms with E-state index in [2.05, 4.69) is 27.4 Å². The van der Waals surface area contributed by atoms with Gasteiger partial charge in [-0.3, -0.25) is 4.99 Å². The molecule has 1 unspecified atom stereocenters. The molecular formula is C19H33IN4O2. The minimum Gasteiger partial charge on any atom is -0.497 e. The number of nitrogens with one attached hydrogen (secondary N) is 2. The molecule has 1 aliphatic rings. The molecule has 2 N–H and O–H groups in total. The maximum absolute atomic E-state index is 5.44. The first-order chi connectivity index (χ1) is 12.2. The molecule has 1 saturated heterocycles. The molecule has 0 aromatic heterocycles. The topological polar surface area (TPSA) is 58.1 Å². The zero-order valence-electron chi connectivity index (χ0n) is 16.4. The summed E-state index contributed by atoms with van der Waals surface area (Å²) in [6.45, 7) is 7.48. The van der Waals surface area contributed by atoms with E-state index in [4.69, 9.17) is 9.47 Å². The molecule has 1 aromatic rings. The molecule has 148 valence electrons. The van der Waals surface area contributed by atoms with Crippen LogP contribution in [0.5, 0.6) is 11.5 Å². The Bertz CT molecular complexity index is 562. The van der Waals surface area contributed by atoms with Gasteiger partial charge in [-0.25, -0.2) is 0 Å². The number of nitrogens with zero attached hydrogens (tertiary/aromatic N) is 2. The van der Waals surface area contributed by atoms with E-state index in [9.17, 15) is 0 Å². The third-order valence-electron chi connectivity index (χ3n) is 4.55. The molecule has 1 aromatic carbocycles. The molecule has 1 aliphatic heterocycles. The Hall–Kier alpha value is -1.22. The average molecular weight is 476 g/mol. The van der Waals surface area contributed by atoms with Gasteiger partial charge in [-0.15, -0.1) is 24.0 Å². The number of methoxy groups -OCH3 is 2. The van der Waals surface area contributed by atoms with Crippen LogP contribution in [-0.2, 0) is 6.54 Å². The zero-order chi connectivity index (χ0) is 18.1. The second-order valence-corrected chi connectivity index (χ2v) is 6.60.